The number of ether oxygens (including phenoxy) is 2. The molecule has 3 nitrogen and oxygen atoms in total. The maximum atomic E-state index is 12.0. The third-order valence-electron chi connectivity index (χ3n) is 2.74. The number of hydrogen-bond acceptors (Lipinski definition) is 3. The van der Waals surface area contributed by atoms with E-state index in [0.717, 1.165) is 17.0 Å². The lowest BCUT2D eigenvalue weighted by Gasteiger charge is -2.09. The van der Waals surface area contributed by atoms with Crippen LogP contribution in [0.2, 0.25) is 0 Å². The fraction of sp³-hybridized carbons (Fsp3) is 0.200. The molecule has 0 aliphatic carbocycles. The molecule has 0 aliphatic heterocycles. The zero-order chi connectivity index (χ0) is 14.4. The third kappa shape index (κ3) is 4.12. The Morgan fingerprint density at radius 2 is 1.55 bits per heavy atom. The molecule has 0 saturated heterocycles. The molecule has 0 aromatic heterocycles. The van der Waals surface area contributed by atoms with Crippen LogP contribution >= 0.6 is 0 Å². The molecule has 0 radical (unpaired) electrons. The van der Waals surface area contributed by atoms with E-state index in [-0.39, 0.29) is 5.75 Å². The molecule has 0 fully saturated rings. The second-order valence-corrected chi connectivity index (χ2v) is 4.10. The van der Waals surface area contributed by atoms with E-state index in [1.807, 2.05) is 24.3 Å². The van der Waals surface area contributed by atoms with Gasteiger partial charge < -0.3 is 14.8 Å². The molecule has 0 atom stereocenters. The number of halogens is 2. The van der Waals surface area contributed by atoms with Gasteiger partial charge in [-0.05, 0) is 42.0 Å². The minimum absolute atomic E-state index is 0.160. The zero-order valence-corrected chi connectivity index (χ0v) is 11.0. The average Bonchev–Trinajstić information content (AvgIpc) is 2.46. The lowest BCUT2D eigenvalue weighted by Crippen LogP contribution is -2.02. The van der Waals surface area contributed by atoms with E-state index in [1.165, 1.54) is 12.1 Å². The van der Waals surface area contributed by atoms with Crippen molar-refractivity contribution in [2.75, 3.05) is 12.4 Å². The molecule has 1 N–H and O–H groups in total. The SMILES string of the molecule is COc1ccc(NCc2ccc(OC(F)F)cc2)cc1. The molecule has 2 aromatic carbocycles. The van der Waals surface area contributed by atoms with Gasteiger partial charge in [0.2, 0.25) is 0 Å². The highest BCUT2D eigenvalue weighted by Gasteiger charge is 2.03. The van der Waals surface area contributed by atoms with Gasteiger partial charge in [-0.25, -0.2) is 0 Å². The Balaban J connectivity index is 1.89. The van der Waals surface area contributed by atoms with Gasteiger partial charge in [0.05, 0.1) is 7.11 Å². The van der Waals surface area contributed by atoms with E-state index < -0.39 is 6.61 Å². The number of nitrogens with one attached hydrogen (secondary N) is 1. The van der Waals surface area contributed by atoms with E-state index in [4.69, 9.17) is 4.74 Å². The predicted octanol–water partition coefficient (Wildman–Crippen LogP) is 3.91. The number of alkyl halides is 2. The summed E-state index contributed by atoms with van der Waals surface area (Å²) in [5, 5.41) is 3.23. The van der Waals surface area contributed by atoms with E-state index in [2.05, 4.69) is 10.1 Å². The van der Waals surface area contributed by atoms with Crippen LogP contribution in [0.1, 0.15) is 5.56 Å². The predicted molar refractivity (Wildman–Crippen MR) is 73.4 cm³/mol. The lowest BCUT2D eigenvalue weighted by molar-refractivity contribution is -0.0498. The average molecular weight is 279 g/mol. The lowest BCUT2D eigenvalue weighted by atomic mass is 10.2. The van der Waals surface area contributed by atoms with Crippen molar-refractivity contribution in [1.29, 1.82) is 0 Å². The molecule has 0 spiro atoms. The minimum Gasteiger partial charge on any atom is -0.497 e. The molecule has 106 valence electrons. The molecule has 0 amide bonds. The Morgan fingerprint density at radius 3 is 2.10 bits per heavy atom. The molecule has 2 aromatic rings. The number of methoxy groups -OCH3 is 1. The molecule has 0 heterocycles. The van der Waals surface area contributed by atoms with Crippen LogP contribution in [0.4, 0.5) is 14.5 Å². The number of benzene rings is 2. The van der Waals surface area contributed by atoms with Crippen molar-refractivity contribution in [3.63, 3.8) is 0 Å². The van der Waals surface area contributed by atoms with Crippen LogP contribution in [-0.2, 0) is 6.54 Å². The highest BCUT2D eigenvalue weighted by molar-refractivity contribution is 5.46. The Bertz CT molecular complexity index is 527. The summed E-state index contributed by atoms with van der Waals surface area (Å²) in [4.78, 5) is 0. The van der Waals surface area contributed by atoms with Gasteiger partial charge in [-0.15, -0.1) is 0 Å². The van der Waals surface area contributed by atoms with Crippen molar-refractivity contribution in [1.82, 2.24) is 0 Å². The van der Waals surface area contributed by atoms with E-state index >= 15 is 0 Å². The molecular weight excluding hydrogens is 264 g/mol. The molecular formula is C15H15F2NO2. The summed E-state index contributed by atoms with van der Waals surface area (Å²) in [5.41, 5.74) is 1.93. The molecule has 20 heavy (non-hydrogen) atoms. The molecule has 2 rings (SSSR count). The normalized spacial score (nSPS) is 10.4. The van der Waals surface area contributed by atoms with Gasteiger partial charge in [-0.3, -0.25) is 0 Å². The van der Waals surface area contributed by atoms with Gasteiger partial charge in [0, 0.05) is 12.2 Å². The van der Waals surface area contributed by atoms with Crippen molar-refractivity contribution in [2.24, 2.45) is 0 Å². The smallest absolute Gasteiger partial charge is 0.387 e. The first kappa shape index (κ1) is 14.1. The van der Waals surface area contributed by atoms with E-state index in [9.17, 15) is 8.78 Å². The first-order valence-electron chi connectivity index (χ1n) is 6.09. The summed E-state index contributed by atoms with van der Waals surface area (Å²) in [6, 6.07) is 14.1. The first-order chi connectivity index (χ1) is 9.67. The largest absolute Gasteiger partial charge is 0.497 e. The monoisotopic (exact) mass is 279 g/mol. The number of hydrogen-bond donors (Lipinski definition) is 1. The fourth-order valence-electron chi connectivity index (χ4n) is 1.70. The first-order valence-corrected chi connectivity index (χ1v) is 6.09. The standard InChI is InChI=1S/C15H15F2NO2/c1-19-13-8-4-12(5-9-13)18-10-11-2-6-14(7-3-11)20-15(16)17/h2-9,15,18H,10H2,1H3. The van der Waals surface area contributed by atoms with Crippen LogP contribution in [0.5, 0.6) is 11.5 Å². The minimum atomic E-state index is -2.79. The van der Waals surface area contributed by atoms with Crippen LogP contribution < -0.4 is 14.8 Å². The summed E-state index contributed by atoms with van der Waals surface area (Å²) in [6.45, 7) is -2.19. The Hall–Kier alpha value is -2.30. The molecule has 5 heteroatoms. The van der Waals surface area contributed by atoms with Gasteiger partial charge in [0.25, 0.3) is 0 Å². The number of anilines is 1. The van der Waals surface area contributed by atoms with Gasteiger partial charge in [0.15, 0.2) is 0 Å². The zero-order valence-electron chi connectivity index (χ0n) is 11.0. The highest BCUT2D eigenvalue weighted by atomic mass is 19.3. The van der Waals surface area contributed by atoms with Gasteiger partial charge in [-0.1, -0.05) is 12.1 Å². The van der Waals surface area contributed by atoms with Crippen LogP contribution in [0.25, 0.3) is 0 Å². The van der Waals surface area contributed by atoms with Crippen molar-refractivity contribution in [3.8, 4) is 11.5 Å². The summed E-state index contributed by atoms with van der Waals surface area (Å²) in [7, 11) is 1.62. The maximum Gasteiger partial charge on any atom is 0.387 e. The Morgan fingerprint density at radius 1 is 0.950 bits per heavy atom. The maximum absolute atomic E-state index is 12.0. The van der Waals surface area contributed by atoms with Crippen LogP contribution in [0.3, 0.4) is 0 Å². The topological polar surface area (TPSA) is 30.5 Å². The van der Waals surface area contributed by atoms with Crippen molar-refractivity contribution >= 4 is 5.69 Å². The highest BCUT2D eigenvalue weighted by Crippen LogP contribution is 2.18. The van der Waals surface area contributed by atoms with E-state index in [1.54, 1.807) is 19.2 Å². The Kier molecular flexibility index (Phi) is 4.76. The summed E-state index contributed by atoms with van der Waals surface area (Å²) < 4.78 is 33.4. The van der Waals surface area contributed by atoms with Crippen LogP contribution in [-0.4, -0.2) is 13.7 Å². The van der Waals surface area contributed by atoms with Crippen molar-refractivity contribution < 1.29 is 18.3 Å². The molecule has 0 saturated carbocycles. The summed E-state index contributed by atoms with van der Waals surface area (Å²) in [6.07, 6.45) is 0. The number of rotatable bonds is 6. The van der Waals surface area contributed by atoms with Crippen LogP contribution in [0.15, 0.2) is 48.5 Å². The van der Waals surface area contributed by atoms with Crippen molar-refractivity contribution in [3.05, 3.63) is 54.1 Å². The third-order valence-corrected chi connectivity index (χ3v) is 2.74. The molecule has 0 aliphatic rings. The molecule has 0 bridgehead atoms. The fourth-order valence-corrected chi connectivity index (χ4v) is 1.70. The second-order valence-electron chi connectivity index (χ2n) is 4.10. The Labute approximate surface area is 116 Å². The quantitative estimate of drug-likeness (QED) is 0.869. The van der Waals surface area contributed by atoms with Crippen LogP contribution in [0, 0.1) is 0 Å². The second kappa shape index (κ2) is 6.75. The molecule has 0 unspecified atom stereocenters. The van der Waals surface area contributed by atoms with Crippen molar-refractivity contribution in [2.45, 2.75) is 13.2 Å². The van der Waals surface area contributed by atoms with Gasteiger partial charge >= 0.3 is 6.61 Å². The summed E-state index contributed by atoms with van der Waals surface area (Å²) >= 11 is 0. The van der Waals surface area contributed by atoms with Gasteiger partial charge in [-0.2, -0.15) is 8.78 Å². The van der Waals surface area contributed by atoms with Gasteiger partial charge in [0.1, 0.15) is 11.5 Å². The van der Waals surface area contributed by atoms with E-state index in [0.29, 0.717) is 6.54 Å². The summed E-state index contributed by atoms with van der Waals surface area (Å²) in [5.74, 6) is 0.956.